The van der Waals surface area contributed by atoms with E-state index in [0.29, 0.717) is 18.8 Å². The molecule has 0 unspecified atom stereocenters. The predicted molar refractivity (Wildman–Crippen MR) is 440 cm³/mol. The fraction of sp³-hybridized carbons (Fsp3) is 0.482. The minimum absolute atomic E-state index is 0.0395. The van der Waals surface area contributed by atoms with Crippen LogP contribution in [0.1, 0.15) is 176 Å². The third kappa shape index (κ3) is 21.9. The van der Waals surface area contributed by atoms with Gasteiger partial charge in [-0.15, -0.1) is 0 Å². The fourth-order valence-electron chi connectivity index (χ4n) is 15.7. The van der Waals surface area contributed by atoms with Crippen LogP contribution >= 0.6 is 23.2 Å². The number of phenolic OH excluding ortho intramolecular Hbond substituents is 3. The monoisotopic (exact) mass is 1770 g/mol. The summed E-state index contributed by atoms with van der Waals surface area (Å²) < 4.78 is 74.0. The first-order valence-corrected chi connectivity index (χ1v) is 42.7. The molecule has 0 aliphatic carbocycles. The van der Waals surface area contributed by atoms with Gasteiger partial charge in [0.2, 0.25) is 51.6 Å². The van der Waals surface area contributed by atoms with E-state index in [0.717, 1.165) is 86.7 Å². The maximum absolute atomic E-state index is 16.5. The number of unbranched alkanes of at least 4 members (excludes halogenated alkanes) is 4. The molecule has 11 bridgehead atoms. The number of carbonyl (C=O) groups is 8. The molecule has 5 amide bonds. The molecule has 0 spiro atoms. The number of Topliss-reactive ketones (excluding diaryl/α,β-unsaturated/α-hetero) is 2. The molecule has 123 heavy (non-hydrogen) atoms. The van der Waals surface area contributed by atoms with E-state index >= 15 is 24.0 Å². The average Bonchev–Trinajstić information content (AvgIpc) is 0.734. The number of rotatable bonds is 27. The van der Waals surface area contributed by atoms with Gasteiger partial charge in [-0.2, -0.15) is 0 Å². The van der Waals surface area contributed by atoms with Crippen LogP contribution in [0.15, 0.2) is 102 Å². The number of aliphatic carboxylic acids is 1. The van der Waals surface area contributed by atoms with Crippen molar-refractivity contribution in [1.29, 1.82) is 0 Å². The van der Waals surface area contributed by atoms with Crippen LogP contribution in [0.3, 0.4) is 0 Å². The summed E-state index contributed by atoms with van der Waals surface area (Å²) in [6.45, 7) is 9.06. The highest BCUT2D eigenvalue weighted by molar-refractivity contribution is 7.89. The zero-order valence-corrected chi connectivity index (χ0v) is 70.5. The van der Waals surface area contributed by atoms with Gasteiger partial charge in [-0.1, -0.05) is 94.8 Å². The number of hydrogen-bond acceptors (Lipinski definition) is 28. The molecule has 0 radical (unpaired) electrons. The average molecular weight is 1770 g/mol. The van der Waals surface area contributed by atoms with Crippen LogP contribution in [0.5, 0.6) is 51.7 Å². The maximum Gasteiger partial charge on any atom is 0.330 e. The Balaban J connectivity index is 1.07. The summed E-state index contributed by atoms with van der Waals surface area (Å²) in [6.07, 6.45) is -15.3. The number of phenols is 3. The number of benzene rings is 6. The summed E-state index contributed by atoms with van der Waals surface area (Å²) in [4.78, 5) is 120. The lowest BCUT2D eigenvalue weighted by molar-refractivity contribution is -0.333. The number of nitrogens with one attached hydrogen (secondary N) is 6. The Hall–Kier alpha value is -9.87. The molecule has 2 fully saturated rings. The summed E-state index contributed by atoms with van der Waals surface area (Å²) in [5, 5.41) is 130. The smallest absolute Gasteiger partial charge is 0.330 e. The second kappa shape index (κ2) is 40.4. The molecule has 35 nitrogen and oxygen atoms in total. The van der Waals surface area contributed by atoms with Crippen LogP contribution in [0.4, 0.5) is 0 Å². The highest BCUT2D eigenvalue weighted by atomic mass is 35.5. The lowest BCUT2D eigenvalue weighted by Gasteiger charge is -2.47. The molecule has 20 N–H and O–H groups in total. The van der Waals surface area contributed by atoms with Crippen molar-refractivity contribution in [3.63, 3.8) is 0 Å². The standard InChI is InChI=1S/C85H104Cl2N8O27S/c1-7-9-10-11-12-25-116-47-16-18-48(19-17-47)123(114,115)91-24-23-90-37-52-56(98)35-51-66(73(52)104)50-27-42(13-20-55(50)97)49-34-58(100)67-45-31-61(118-59-21-14-43(28-53(59)86)71(102)69(94-79(108)41(8-2)26-39(3)4)57(99)30-46(33-64(88)101)80(109)92-67)76(122-84-77(75(106)74(105)63(38-96)120-84)121-65-36-85(6,89)78(107)40(5)117-65)62(32-45)119-60-22-15-44(29-54(60)87)72(103)70(95-81(49)110)82(111)93-68(51)83(112)113/h13-22,27-29,31-32,35,39-41,46,49,63,65,67-72,74-75,77-78,84,90-91,96-98,102-107H,7-12,23-26,30,33-34,36-38,89H2,1-6H3,(H2,88,101)(H,92,109)(H,93,111)(H,94,108)(H,95,110)(H,112,113)/t40-,41+,46-,49+,63+,65-,67+,68-,69-,70-,71+,72+,74+,75-,77+,78+,84-,85-/m0/s1. The van der Waals surface area contributed by atoms with Crippen molar-refractivity contribution in [2.24, 2.45) is 29.2 Å². The highest BCUT2D eigenvalue weighted by Gasteiger charge is 2.52. The molecule has 2 saturated heterocycles. The number of aliphatic hydroxyl groups excluding tert-OH is 6. The zero-order valence-electron chi connectivity index (χ0n) is 68.2. The molecule has 6 aromatic rings. The van der Waals surface area contributed by atoms with Crippen molar-refractivity contribution in [2.45, 2.75) is 221 Å². The molecule has 6 aromatic carbocycles. The summed E-state index contributed by atoms with van der Waals surface area (Å²) in [5.74, 6) is -19.4. The molecule has 13 rings (SSSR count). The van der Waals surface area contributed by atoms with E-state index in [1.54, 1.807) is 6.92 Å². The summed E-state index contributed by atoms with van der Waals surface area (Å²) in [7, 11) is -4.14. The minimum Gasteiger partial charge on any atom is -0.507 e. The van der Waals surface area contributed by atoms with Crippen molar-refractivity contribution >= 4 is 80.3 Å². The number of ether oxygens (including phenoxy) is 7. The predicted octanol–water partition coefficient (Wildman–Crippen LogP) is 5.94. The molecular formula is C85H104Cl2N8O27S. The quantitative estimate of drug-likeness (QED) is 0.0265. The molecule has 0 saturated carbocycles. The second-order valence-electron chi connectivity index (χ2n) is 32.1. The van der Waals surface area contributed by atoms with Gasteiger partial charge in [0.15, 0.2) is 41.5 Å². The fourth-order valence-corrected chi connectivity index (χ4v) is 17.1. The molecule has 0 aromatic heterocycles. The number of aliphatic hydroxyl groups is 6. The third-order valence-corrected chi connectivity index (χ3v) is 24.5. The Morgan fingerprint density at radius 3 is 1.98 bits per heavy atom. The van der Waals surface area contributed by atoms with E-state index in [-0.39, 0.29) is 64.2 Å². The number of sulfonamides is 1. The summed E-state index contributed by atoms with van der Waals surface area (Å²) in [6, 6.07) is 10.1. The first kappa shape index (κ1) is 93.8. The van der Waals surface area contributed by atoms with Crippen molar-refractivity contribution < 1.29 is 131 Å². The Morgan fingerprint density at radius 1 is 0.724 bits per heavy atom. The van der Waals surface area contributed by atoms with Crippen LogP contribution in [-0.4, -0.2) is 200 Å². The van der Waals surface area contributed by atoms with Crippen molar-refractivity contribution in [1.82, 2.24) is 31.3 Å². The van der Waals surface area contributed by atoms with Gasteiger partial charge < -0.3 is 122 Å². The number of carboxylic acids is 1. The number of halogens is 2. The molecular weight excluding hydrogens is 1670 g/mol. The SMILES string of the molecule is CCCCCCCOc1ccc(S(=O)(=O)NCCNCc2c(O)cc3c(c2O)-c2cc(ccc2O)[C@H]2CC(=O)[C@@H]4NC(=O)[C@H](CC(N)=O)CC(=O)[C@H](NC(=O)[C@H](CC)CC(C)C)[C@H](O)c5ccc(c(Cl)c5)Oc5cc4cc(c5O[C@@H]4O[C@H](CO)[C@@H](O)[C@H](O)[C@H]4O[C@H]4C[C@](C)(N)[C@H](O)[C@H](C)O4)Oc4ccc(cc4Cl)[C@@H](O)[C@H](NC2=O)C(=O)N[C@@H]3C(=O)O)cc1. The molecule has 666 valence electrons. The Morgan fingerprint density at radius 2 is 1.37 bits per heavy atom. The number of fused-ring (bicyclic) bond motifs is 15. The Labute approximate surface area is 718 Å². The first-order valence-electron chi connectivity index (χ1n) is 40.5. The lowest BCUT2D eigenvalue weighted by atomic mass is 9.84. The summed E-state index contributed by atoms with van der Waals surface area (Å²) in [5.41, 5.74) is 7.75. The van der Waals surface area contributed by atoms with Crippen molar-refractivity contribution in [3.05, 3.63) is 140 Å². The Kier molecular flexibility index (Phi) is 30.8. The van der Waals surface area contributed by atoms with Gasteiger partial charge in [0, 0.05) is 73.5 Å². The molecule has 7 aliphatic heterocycles. The topological polar surface area (TPSA) is 562 Å². The minimum atomic E-state index is -4.14. The number of nitrogens with two attached hydrogens (primary N) is 2. The van der Waals surface area contributed by atoms with E-state index in [2.05, 4.69) is 38.2 Å². The van der Waals surface area contributed by atoms with Gasteiger partial charge >= 0.3 is 5.97 Å². The normalized spacial score (nSPS) is 26.5. The van der Waals surface area contributed by atoms with Crippen molar-refractivity contribution in [3.8, 4) is 62.9 Å². The van der Waals surface area contributed by atoms with Crippen LogP contribution in [-0.2, 0) is 69.1 Å². The van der Waals surface area contributed by atoms with Crippen LogP contribution < -0.4 is 61.7 Å². The third-order valence-electron chi connectivity index (χ3n) is 22.4. The number of carbonyl (C=O) groups excluding carboxylic acids is 7. The van der Waals surface area contributed by atoms with Gasteiger partial charge in [-0.3, -0.25) is 33.6 Å². The largest absolute Gasteiger partial charge is 0.507 e. The number of carboxylic acid groups (broad SMARTS) is 1. The lowest BCUT2D eigenvalue weighted by Crippen LogP contribution is -2.64. The van der Waals surface area contributed by atoms with E-state index in [1.165, 1.54) is 56.3 Å². The van der Waals surface area contributed by atoms with Crippen LogP contribution in [0.2, 0.25) is 10.0 Å². The van der Waals surface area contributed by atoms with Gasteiger partial charge in [0.05, 0.1) is 57.8 Å². The molecule has 38 heteroatoms. The second-order valence-corrected chi connectivity index (χ2v) is 34.7. The number of ketones is 2. The van der Waals surface area contributed by atoms with Crippen LogP contribution in [0.25, 0.3) is 11.1 Å². The molecule has 7 aliphatic rings. The van der Waals surface area contributed by atoms with Gasteiger partial charge in [0.1, 0.15) is 83.1 Å². The van der Waals surface area contributed by atoms with E-state index < -0.39 is 271 Å². The zero-order chi connectivity index (χ0) is 89.4. The van der Waals surface area contributed by atoms with E-state index in [4.69, 9.17) is 67.8 Å². The number of aromatic hydroxyl groups is 3. The van der Waals surface area contributed by atoms with Gasteiger partial charge in [0.25, 0.3) is 0 Å². The first-order chi connectivity index (χ1) is 58.3. The maximum atomic E-state index is 16.5. The highest BCUT2D eigenvalue weighted by Crippen LogP contribution is 2.51. The van der Waals surface area contributed by atoms with Gasteiger partial charge in [-0.05, 0) is 140 Å². The Bertz CT molecular complexity index is 5030. The van der Waals surface area contributed by atoms with E-state index in [1.807, 2.05) is 13.8 Å². The number of amides is 5. The number of primary amides is 1. The number of hydrogen-bond donors (Lipinski definition) is 18. The van der Waals surface area contributed by atoms with Crippen molar-refractivity contribution in [2.75, 3.05) is 26.3 Å². The molecule has 18 atom stereocenters. The van der Waals surface area contributed by atoms with Crippen LogP contribution in [0, 0.1) is 17.8 Å². The molecule has 7 heterocycles. The van der Waals surface area contributed by atoms with E-state index in [9.17, 15) is 73.9 Å². The van der Waals surface area contributed by atoms with Gasteiger partial charge in [-0.25, -0.2) is 17.9 Å². The summed E-state index contributed by atoms with van der Waals surface area (Å²) >= 11 is 14.3.